The third kappa shape index (κ3) is 3.35. The summed E-state index contributed by atoms with van der Waals surface area (Å²) in [5, 5.41) is 12.0. The Hall–Kier alpha value is -0.750. The molecule has 1 amide bonds. The van der Waals surface area contributed by atoms with Crippen LogP contribution in [0.2, 0.25) is 0 Å². The van der Waals surface area contributed by atoms with Crippen molar-refractivity contribution in [2.45, 2.75) is 31.7 Å². The lowest BCUT2D eigenvalue weighted by Crippen LogP contribution is -2.47. The lowest BCUT2D eigenvalue weighted by Gasteiger charge is -2.29. The predicted molar refractivity (Wildman–Crippen MR) is 67.9 cm³/mol. The first-order valence-corrected chi connectivity index (χ1v) is 6.84. The molecule has 0 aliphatic carbocycles. The summed E-state index contributed by atoms with van der Waals surface area (Å²) in [5.41, 5.74) is 0. The van der Waals surface area contributed by atoms with Gasteiger partial charge in [-0.25, -0.2) is 4.79 Å². The summed E-state index contributed by atoms with van der Waals surface area (Å²) in [4.78, 5) is 24.7. The van der Waals surface area contributed by atoms with Crippen LogP contribution in [0.3, 0.4) is 0 Å². The van der Waals surface area contributed by atoms with E-state index in [1.807, 2.05) is 13.8 Å². The molecule has 6 heteroatoms. The maximum atomic E-state index is 12.0. The highest BCUT2D eigenvalue weighted by Gasteiger charge is 2.42. The van der Waals surface area contributed by atoms with Gasteiger partial charge in [0.2, 0.25) is 5.91 Å². The zero-order chi connectivity index (χ0) is 13.0. The van der Waals surface area contributed by atoms with Crippen molar-refractivity contribution < 1.29 is 14.7 Å². The molecule has 1 rings (SSSR count). The molecule has 17 heavy (non-hydrogen) atoms. The average Bonchev–Trinajstić information content (AvgIpc) is 2.70. The third-order valence-electron chi connectivity index (χ3n) is 2.77. The molecule has 0 aromatic carbocycles. The second kappa shape index (κ2) is 6.26. The molecule has 1 fully saturated rings. The van der Waals surface area contributed by atoms with Gasteiger partial charge in [-0.15, -0.1) is 11.8 Å². The lowest BCUT2D eigenvalue weighted by molar-refractivity contribution is -0.149. The molecule has 0 bridgehead atoms. The molecule has 2 N–H and O–H groups in total. The number of amides is 1. The van der Waals surface area contributed by atoms with Gasteiger partial charge in [-0.05, 0) is 13.0 Å². The number of aliphatic carboxylic acids is 1. The Bertz CT molecular complexity index is 296. The van der Waals surface area contributed by atoms with Crippen LogP contribution in [0.15, 0.2) is 0 Å². The molecule has 0 radical (unpaired) electrons. The molecule has 2 unspecified atom stereocenters. The highest BCUT2D eigenvalue weighted by Crippen LogP contribution is 2.34. The molecule has 1 aliphatic heterocycles. The molecular weight excluding hydrogens is 240 g/mol. The number of rotatable bonds is 5. The Balaban J connectivity index is 2.78. The van der Waals surface area contributed by atoms with Gasteiger partial charge in [-0.1, -0.05) is 13.8 Å². The molecule has 0 saturated carbocycles. The molecular formula is C11H20N2O3S. The maximum absolute atomic E-state index is 12.0. The van der Waals surface area contributed by atoms with E-state index in [4.69, 9.17) is 5.11 Å². The minimum Gasteiger partial charge on any atom is -0.480 e. The van der Waals surface area contributed by atoms with Crippen molar-refractivity contribution in [1.82, 2.24) is 10.2 Å². The summed E-state index contributed by atoms with van der Waals surface area (Å²) in [5.74, 6) is -0.222. The summed E-state index contributed by atoms with van der Waals surface area (Å²) in [7, 11) is 1.78. The monoisotopic (exact) mass is 260 g/mol. The van der Waals surface area contributed by atoms with Crippen molar-refractivity contribution >= 4 is 23.6 Å². The molecule has 1 saturated heterocycles. The van der Waals surface area contributed by atoms with E-state index in [1.54, 1.807) is 23.7 Å². The van der Waals surface area contributed by atoms with Gasteiger partial charge in [0.1, 0.15) is 6.04 Å². The van der Waals surface area contributed by atoms with Crippen molar-refractivity contribution in [3.05, 3.63) is 0 Å². The maximum Gasteiger partial charge on any atom is 0.327 e. The number of nitrogens with zero attached hydrogens (tertiary/aromatic N) is 1. The van der Waals surface area contributed by atoms with Crippen LogP contribution in [0.1, 0.15) is 20.3 Å². The minimum absolute atomic E-state index is 0.0135. The van der Waals surface area contributed by atoms with Crippen molar-refractivity contribution in [3.8, 4) is 0 Å². The number of hydrogen-bond donors (Lipinski definition) is 2. The van der Waals surface area contributed by atoms with E-state index in [9.17, 15) is 9.59 Å². The second-order valence-electron chi connectivity index (χ2n) is 4.48. The summed E-state index contributed by atoms with van der Waals surface area (Å²) >= 11 is 1.56. The smallest absolute Gasteiger partial charge is 0.327 e. The van der Waals surface area contributed by atoms with Crippen molar-refractivity contribution in [2.75, 3.05) is 19.3 Å². The average molecular weight is 260 g/mol. The Morgan fingerprint density at radius 2 is 2.18 bits per heavy atom. The minimum atomic E-state index is -0.904. The number of thioether (sulfide) groups is 1. The van der Waals surface area contributed by atoms with Gasteiger partial charge in [0, 0.05) is 18.7 Å². The van der Waals surface area contributed by atoms with Crippen LogP contribution < -0.4 is 5.32 Å². The summed E-state index contributed by atoms with van der Waals surface area (Å²) in [6, 6.07) is -0.670. The summed E-state index contributed by atoms with van der Waals surface area (Å²) in [6.45, 7) is 4.61. The number of carbonyl (C=O) groups is 2. The highest BCUT2D eigenvalue weighted by atomic mass is 32.2. The van der Waals surface area contributed by atoms with Gasteiger partial charge in [-0.2, -0.15) is 0 Å². The van der Waals surface area contributed by atoms with E-state index in [-0.39, 0.29) is 17.2 Å². The highest BCUT2D eigenvalue weighted by molar-refractivity contribution is 8.00. The quantitative estimate of drug-likeness (QED) is 0.758. The van der Waals surface area contributed by atoms with Crippen LogP contribution in [0.5, 0.6) is 0 Å². The molecule has 1 heterocycles. The third-order valence-corrected chi connectivity index (χ3v) is 4.39. The SMILES string of the molecule is CNCCC(=O)N1C(C(=O)O)CSC1C(C)C. The Kier molecular flexibility index (Phi) is 5.27. The molecule has 98 valence electrons. The molecule has 0 spiro atoms. The fraction of sp³-hybridized carbons (Fsp3) is 0.818. The van der Waals surface area contributed by atoms with Crippen LogP contribution in [0.4, 0.5) is 0 Å². The second-order valence-corrected chi connectivity index (χ2v) is 5.63. The van der Waals surface area contributed by atoms with Crippen LogP contribution in [0.25, 0.3) is 0 Å². The van der Waals surface area contributed by atoms with Gasteiger partial charge in [-0.3, -0.25) is 4.79 Å². The molecule has 1 aliphatic rings. The van der Waals surface area contributed by atoms with E-state index in [2.05, 4.69) is 5.32 Å². The topological polar surface area (TPSA) is 69.6 Å². The van der Waals surface area contributed by atoms with Crippen LogP contribution in [-0.4, -0.2) is 52.6 Å². The lowest BCUT2D eigenvalue weighted by atomic mass is 10.1. The first-order chi connectivity index (χ1) is 7.99. The van der Waals surface area contributed by atoms with Crippen molar-refractivity contribution in [3.63, 3.8) is 0 Å². The van der Waals surface area contributed by atoms with Gasteiger partial charge >= 0.3 is 5.97 Å². The van der Waals surface area contributed by atoms with Crippen LogP contribution >= 0.6 is 11.8 Å². The van der Waals surface area contributed by atoms with Crippen molar-refractivity contribution in [1.29, 1.82) is 0 Å². The number of nitrogens with one attached hydrogen (secondary N) is 1. The normalized spacial score (nSPS) is 24.4. The summed E-state index contributed by atoms with van der Waals surface area (Å²) < 4.78 is 0. The molecule has 2 atom stereocenters. The van der Waals surface area contributed by atoms with E-state index in [0.29, 0.717) is 18.7 Å². The zero-order valence-electron chi connectivity index (χ0n) is 10.5. The van der Waals surface area contributed by atoms with E-state index in [1.165, 1.54) is 0 Å². The van der Waals surface area contributed by atoms with E-state index in [0.717, 1.165) is 0 Å². The van der Waals surface area contributed by atoms with Gasteiger partial charge in [0.05, 0.1) is 5.37 Å². The molecule has 0 aromatic heterocycles. The molecule has 0 aromatic rings. The molecule has 5 nitrogen and oxygen atoms in total. The van der Waals surface area contributed by atoms with E-state index < -0.39 is 12.0 Å². The first-order valence-electron chi connectivity index (χ1n) is 5.79. The van der Waals surface area contributed by atoms with Crippen LogP contribution in [-0.2, 0) is 9.59 Å². The van der Waals surface area contributed by atoms with E-state index >= 15 is 0 Å². The zero-order valence-corrected chi connectivity index (χ0v) is 11.3. The van der Waals surface area contributed by atoms with Gasteiger partial charge in [0.15, 0.2) is 0 Å². The number of carboxylic acid groups (broad SMARTS) is 1. The van der Waals surface area contributed by atoms with Gasteiger partial charge in [0.25, 0.3) is 0 Å². The fourth-order valence-corrected chi connectivity index (χ4v) is 3.40. The summed E-state index contributed by atoms with van der Waals surface area (Å²) in [6.07, 6.45) is 0.351. The first kappa shape index (κ1) is 14.3. The van der Waals surface area contributed by atoms with Gasteiger partial charge < -0.3 is 15.3 Å². The Morgan fingerprint density at radius 1 is 1.53 bits per heavy atom. The standard InChI is InChI=1S/C11H20N2O3S/c1-7(2)10-13(9(14)4-5-12-3)8(6-17-10)11(15)16/h7-8,10,12H,4-6H2,1-3H3,(H,15,16). The number of carboxylic acids is 1. The fourth-order valence-electron chi connectivity index (χ4n) is 1.91. The van der Waals surface area contributed by atoms with Crippen LogP contribution in [0, 0.1) is 5.92 Å². The number of carbonyl (C=O) groups excluding carboxylic acids is 1. The Labute approximate surface area is 106 Å². The van der Waals surface area contributed by atoms with Crippen molar-refractivity contribution in [2.24, 2.45) is 5.92 Å². The largest absolute Gasteiger partial charge is 0.480 e. The predicted octanol–water partition coefficient (Wildman–Crippen LogP) is 0.607. The number of hydrogen-bond acceptors (Lipinski definition) is 4. The Morgan fingerprint density at radius 3 is 2.65 bits per heavy atom.